The molecule has 0 aliphatic heterocycles. The highest BCUT2D eigenvalue weighted by atomic mass is 16.5. The van der Waals surface area contributed by atoms with Crippen molar-refractivity contribution < 1.29 is 14.6 Å². The Labute approximate surface area is 288 Å². The first kappa shape index (κ1) is 34.5. The number of aromatic amines is 1. The van der Waals surface area contributed by atoms with Crippen molar-refractivity contribution >= 4 is 0 Å². The molecule has 3 heterocycles. The summed E-state index contributed by atoms with van der Waals surface area (Å²) in [5, 5.41) is 9.07. The predicted molar refractivity (Wildman–Crippen MR) is 194 cm³/mol. The summed E-state index contributed by atoms with van der Waals surface area (Å²) in [7, 11) is 0. The van der Waals surface area contributed by atoms with Gasteiger partial charge in [0.1, 0.15) is 30.5 Å². The third-order valence-electron chi connectivity index (χ3n) is 7.11. The summed E-state index contributed by atoms with van der Waals surface area (Å²) in [4.78, 5) is 37.1. The van der Waals surface area contributed by atoms with Gasteiger partial charge >= 0.3 is 0 Å². The van der Waals surface area contributed by atoms with E-state index in [9.17, 15) is 14.4 Å². The maximum Gasteiger partial charge on any atom is 0.258 e. The van der Waals surface area contributed by atoms with E-state index < -0.39 is 0 Å². The molecule has 2 N–H and O–H groups in total. The summed E-state index contributed by atoms with van der Waals surface area (Å²) in [5.41, 5.74) is 3.29. The lowest BCUT2D eigenvalue weighted by Gasteiger charge is -2.09. The number of rotatable bonds is 8. The molecule has 4 aromatic carbocycles. The van der Waals surface area contributed by atoms with Crippen LogP contribution in [0.2, 0.25) is 0 Å². The number of aromatic hydroxyl groups is 1. The topological polar surface area (TPSA) is 116 Å². The third-order valence-corrected chi connectivity index (χ3v) is 7.11. The molecule has 9 nitrogen and oxygen atoms in total. The Morgan fingerprint density at radius 1 is 0.500 bits per heavy atom. The van der Waals surface area contributed by atoms with Gasteiger partial charge in [0.25, 0.3) is 16.7 Å². The van der Waals surface area contributed by atoms with Gasteiger partial charge in [-0.05, 0) is 53.6 Å². The Hall–Kier alpha value is -6.87. The van der Waals surface area contributed by atoms with E-state index in [0.29, 0.717) is 24.7 Å². The maximum atomic E-state index is 12.1. The molecule has 0 unspecified atom stereocenters. The first-order valence-electron chi connectivity index (χ1n) is 15.7. The number of hydrogen-bond donors (Lipinski definition) is 2. The number of pyridine rings is 3. The van der Waals surface area contributed by atoms with Crippen molar-refractivity contribution in [1.29, 1.82) is 0 Å². The van der Waals surface area contributed by atoms with E-state index in [2.05, 4.69) is 4.98 Å². The second kappa shape index (κ2) is 17.9. The van der Waals surface area contributed by atoms with E-state index in [-0.39, 0.29) is 22.4 Å². The zero-order chi connectivity index (χ0) is 35.0. The number of nitrogens with zero attached hydrogens (tertiary/aromatic N) is 2. The van der Waals surface area contributed by atoms with E-state index in [1.54, 1.807) is 35.3 Å². The fourth-order valence-corrected chi connectivity index (χ4v) is 4.62. The van der Waals surface area contributed by atoms with Gasteiger partial charge in [-0.2, -0.15) is 0 Å². The summed E-state index contributed by atoms with van der Waals surface area (Å²) in [5.74, 6) is 1.15. The first-order valence-corrected chi connectivity index (χ1v) is 15.7. The van der Waals surface area contributed by atoms with E-state index in [1.807, 2.05) is 121 Å². The zero-order valence-electron chi connectivity index (χ0n) is 27.0. The minimum Gasteiger partial charge on any atom is -0.508 e. The van der Waals surface area contributed by atoms with Crippen LogP contribution >= 0.6 is 0 Å². The fraction of sp³-hybridized carbons (Fsp3) is 0.0488. The molecule has 0 atom stereocenters. The predicted octanol–water partition coefficient (Wildman–Crippen LogP) is 6.91. The lowest BCUT2D eigenvalue weighted by Crippen LogP contribution is -2.16. The number of nitrogens with one attached hydrogen (secondary N) is 1. The molecule has 7 rings (SSSR count). The van der Waals surface area contributed by atoms with Crippen LogP contribution in [0.15, 0.2) is 191 Å². The van der Waals surface area contributed by atoms with Gasteiger partial charge in [0, 0.05) is 48.2 Å². The SMILES string of the molecule is O=c1cc(O)ccn1-c1ccccc1.O=c1cc(OCc2ccccc2)cc[nH]1.O=c1cc(OCc2ccccc2)ccn1-c1ccccc1. The summed E-state index contributed by atoms with van der Waals surface area (Å²) in [6, 6.07) is 47.6. The molecule has 250 valence electrons. The van der Waals surface area contributed by atoms with E-state index >= 15 is 0 Å². The quantitative estimate of drug-likeness (QED) is 0.182. The molecule has 3 aromatic heterocycles. The summed E-state index contributed by atoms with van der Waals surface area (Å²) in [6.07, 6.45) is 4.85. The zero-order valence-corrected chi connectivity index (χ0v) is 27.0. The third kappa shape index (κ3) is 10.6. The van der Waals surface area contributed by atoms with Gasteiger partial charge in [-0.15, -0.1) is 0 Å². The number of H-pyrrole nitrogens is 1. The minimum absolute atomic E-state index is 0.0119. The second-order valence-electron chi connectivity index (χ2n) is 10.8. The van der Waals surface area contributed by atoms with Crippen molar-refractivity contribution in [2.75, 3.05) is 0 Å². The molecular weight excluding hydrogens is 630 g/mol. The standard InChI is InChI=1S/C18H15NO2.C12H11NO2.C11H9NO2/c20-18-13-17(21-14-15-7-3-1-4-8-15)11-12-19(18)16-9-5-2-6-10-16;14-12-8-11(6-7-13-12)15-9-10-4-2-1-3-5-10;13-10-6-7-12(11(14)8-10)9-4-2-1-3-5-9/h1-13H,14H2;1-8H,9H2,(H,13,14);1-8,13H. The molecule has 0 aliphatic rings. The molecule has 0 amide bonds. The Kier molecular flexibility index (Phi) is 12.3. The van der Waals surface area contributed by atoms with Crippen LogP contribution in [-0.4, -0.2) is 19.2 Å². The molecule has 0 saturated carbocycles. The maximum absolute atomic E-state index is 12.1. The molecule has 50 heavy (non-hydrogen) atoms. The average Bonchev–Trinajstić information content (AvgIpc) is 3.15. The number of para-hydroxylation sites is 2. The molecule has 0 fully saturated rings. The van der Waals surface area contributed by atoms with E-state index in [0.717, 1.165) is 22.5 Å². The van der Waals surface area contributed by atoms with E-state index in [1.165, 1.54) is 28.8 Å². The first-order chi connectivity index (χ1) is 24.4. The average molecular weight is 666 g/mol. The lowest BCUT2D eigenvalue weighted by molar-refractivity contribution is 0.305. The van der Waals surface area contributed by atoms with Crippen molar-refractivity contribution in [3.05, 3.63) is 219 Å². The van der Waals surface area contributed by atoms with Crippen LogP contribution in [0.5, 0.6) is 17.2 Å². The fourth-order valence-electron chi connectivity index (χ4n) is 4.62. The van der Waals surface area contributed by atoms with Crippen molar-refractivity contribution in [1.82, 2.24) is 14.1 Å². The Balaban J connectivity index is 0.000000150. The van der Waals surface area contributed by atoms with Gasteiger partial charge in [-0.25, -0.2) is 0 Å². The smallest absolute Gasteiger partial charge is 0.258 e. The van der Waals surface area contributed by atoms with Crippen molar-refractivity contribution in [2.45, 2.75) is 13.2 Å². The van der Waals surface area contributed by atoms with Gasteiger partial charge in [0.15, 0.2) is 0 Å². The Morgan fingerprint density at radius 3 is 1.40 bits per heavy atom. The van der Waals surface area contributed by atoms with Crippen LogP contribution in [0, 0.1) is 0 Å². The van der Waals surface area contributed by atoms with Gasteiger partial charge in [-0.1, -0.05) is 97.1 Å². The molecule has 0 spiro atoms. The van der Waals surface area contributed by atoms with Crippen molar-refractivity contribution in [3.8, 4) is 28.6 Å². The number of aromatic nitrogens is 3. The monoisotopic (exact) mass is 665 g/mol. The van der Waals surface area contributed by atoms with Crippen LogP contribution in [0.25, 0.3) is 11.4 Å². The minimum atomic E-state index is -0.240. The van der Waals surface area contributed by atoms with Gasteiger partial charge in [0.2, 0.25) is 0 Å². The van der Waals surface area contributed by atoms with Gasteiger partial charge in [-0.3, -0.25) is 23.5 Å². The highest BCUT2D eigenvalue weighted by Crippen LogP contribution is 2.12. The Morgan fingerprint density at radius 2 is 0.940 bits per heavy atom. The second-order valence-corrected chi connectivity index (χ2v) is 10.8. The highest BCUT2D eigenvalue weighted by molar-refractivity contribution is 5.34. The van der Waals surface area contributed by atoms with Gasteiger partial charge in [0.05, 0.1) is 0 Å². The van der Waals surface area contributed by atoms with Crippen LogP contribution in [-0.2, 0) is 13.2 Å². The summed E-state index contributed by atoms with van der Waals surface area (Å²) in [6.45, 7) is 0.930. The number of ether oxygens (including phenoxy) is 2. The van der Waals surface area contributed by atoms with Gasteiger partial charge < -0.3 is 19.6 Å². The summed E-state index contributed by atoms with van der Waals surface area (Å²) < 4.78 is 14.2. The summed E-state index contributed by atoms with van der Waals surface area (Å²) >= 11 is 0. The van der Waals surface area contributed by atoms with Crippen molar-refractivity contribution in [3.63, 3.8) is 0 Å². The molecule has 0 radical (unpaired) electrons. The van der Waals surface area contributed by atoms with Crippen LogP contribution in [0.3, 0.4) is 0 Å². The van der Waals surface area contributed by atoms with Crippen LogP contribution in [0.1, 0.15) is 11.1 Å². The molecule has 9 heteroatoms. The lowest BCUT2D eigenvalue weighted by atomic mass is 10.2. The highest BCUT2D eigenvalue weighted by Gasteiger charge is 2.02. The number of benzene rings is 4. The molecule has 0 saturated heterocycles. The molecule has 0 bridgehead atoms. The van der Waals surface area contributed by atoms with Crippen LogP contribution in [0.4, 0.5) is 0 Å². The molecule has 0 aliphatic carbocycles. The van der Waals surface area contributed by atoms with Crippen molar-refractivity contribution in [2.24, 2.45) is 0 Å². The van der Waals surface area contributed by atoms with E-state index in [4.69, 9.17) is 14.6 Å². The largest absolute Gasteiger partial charge is 0.508 e. The number of hydrogen-bond acceptors (Lipinski definition) is 6. The Bertz CT molecular complexity index is 2240. The normalized spacial score (nSPS) is 10.1. The van der Waals surface area contributed by atoms with Crippen LogP contribution < -0.4 is 26.2 Å². The molecule has 7 aromatic rings. The molecular formula is C41H35N3O6.